The van der Waals surface area contributed by atoms with Crippen molar-refractivity contribution in [1.29, 1.82) is 0 Å². The summed E-state index contributed by atoms with van der Waals surface area (Å²) in [5.41, 5.74) is 1.92. The lowest BCUT2D eigenvalue weighted by molar-refractivity contribution is -0.141. The van der Waals surface area contributed by atoms with Crippen molar-refractivity contribution >= 4 is 57.4 Å². The minimum absolute atomic E-state index is 0.145. The second-order valence-corrected chi connectivity index (χ2v) is 9.27. The molecule has 1 aromatic carbocycles. The zero-order chi connectivity index (χ0) is 20.4. The summed E-state index contributed by atoms with van der Waals surface area (Å²) in [4.78, 5) is 22.5. The van der Waals surface area contributed by atoms with Gasteiger partial charge in [-0.2, -0.15) is 0 Å². The Kier molecular flexibility index (Phi) is 6.20. The quantitative estimate of drug-likeness (QED) is 0.530. The van der Waals surface area contributed by atoms with E-state index in [1.165, 1.54) is 0 Å². The van der Waals surface area contributed by atoms with Crippen molar-refractivity contribution in [3.8, 4) is 0 Å². The molecular formula is C22H21Cl2N3OS. The molecule has 7 heteroatoms. The van der Waals surface area contributed by atoms with Gasteiger partial charge >= 0.3 is 0 Å². The molecule has 4 rings (SSSR count). The lowest BCUT2D eigenvalue weighted by atomic mass is 10.1. The predicted molar refractivity (Wildman–Crippen MR) is 122 cm³/mol. The first-order valence-electron chi connectivity index (χ1n) is 9.49. The van der Waals surface area contributed by atoms with Crippen LogP contribution in [-0.4, -0.2) is 46.4 Å². The second kappa shape index (κ2) is 8.84. The Labute approximate surface area is 184 Å². The topological polar surface area (TPSA) is 36.4 Å². The third-order valence-electron chi connectivity index (χ3n) is 5.22. The van der Waals surface area contributed by atoms with Gasteiger partial charge in [-0.15, -0.1) is 11.3 Å². The molecule has 29 heavy (non-hydrogen) atoms. The maximum Gasteiger partial charge on any atom is 0.239 e. The smallest absolute Gasteiger partial charge is 0.239 e. The van der Waals surface area contributed by atoms with Crippen LogP contribution in [0.4, 0.5) is 0 Å². The van der Waals surface area contributed by atoms with Gasteiger partial charge in [0, 0.05) is 42.6 Å². The Hall–Kier alpha value is -1.92. The third kappa shape index (κ3) is 4.64. The zero-order valence-electron chi connectivity index (χ0n) is 16.0. The van der Waals surface area contributed by atoms with Crippen molar-refractivity contribution in [3.63, 3.8) is 0 Å². The number of carbonyl (C=O) groups excluding carboxylic acids is 1. The van der Waals surface area contributed by atoms with E-state index >= 15 is 0 Å². The van der Waals surface area contributed by atoms with Crippen LogP contribution in [0.25, 0.3) is 17.0 Å². The molecule has 3 aromatic rings. The fourth-order valence-electron chi connectivity index (χ4n) is 3.58. The molecule has 2 aromatic heterocycles. The van der Waals surface area contributed by atoms with Crippen molar-refractivity contribution in [2.45, 2.75) is 19.5 Å². The highest BCUT2D eigenvalue weighted by Crippen LogP contribution is 2.24. The minimum atomic E-state index is -0.145. The summed E-state index contributed by atoms with van der Waals surface area (Å²) >= 11 is 13.7. The molecule has 1 aliphatic rings. The van der Waals surface area contributed by atoms with Crippen LogP contribution in [0.5, 0.6) is 0 Å². The number of amides is 1. The van der Waals surface area contributed by atoms with Crippen molar-refractivity contribution in [3.05, 3.63) is 68.5 Å². The number of fused-ring (bicyclic) bond motifs is 1. The van der Waals surface area contributed by atoms with Gasteiger partial charge in [0.05, 0.1) is 20.9 Å². The van der Waals surface area contributed by atoms with Gasteiger partial charge < -0.3 is 4.90 Å². The average Bonchev–Trinajstić information content (AvgIpc) is 3.12. The molecule has 1 aliphatic heterocycles. The average molecular weight is 446 g/mol. The summed E-state index contributed by atoms with van der Waals surface area (Å²) in [5.74, 6) is 0.156. The summed E-state index contributed by atoms with van der Waals surface area (Å²) in [7, 11) is 0. The molecule has 150 valence electrons. The number of carbonyl (C=O) groups is 1. The summed E-state index contributed by atoms with van der Waals surface area (Å²) in [6, 6.07) is 11.6. The molecule has 0 aliphatic carbocycles. The lowest BCUT2D eigenvalue weighted by Gasteiger charge is -2.38. The van der Waals surface area contributed by atoms with Gasteiger partial charge in [-0.1, -0.05) is 41.4 Å². The molecule has 1 amide bonds. The van der Waals surface area contributed by atoms with Crippen LogP contribution in [0.2, 0.25) is 9.36 Å². The predicted octanol–water partition coefficient (Wildman–Crippen LogP) is 5.35. The van der Waals surface area contributed by atoms with Crippen molar-refractivity contribution < 1.29 is 4.79 Å². The summed E-state index contributed by atoms with van der Waals surface area (Å²) in [6.07, 6.45) is 5.87. The first kappa shape index (κ1) is 20.4. The highest BCUT2D eigenvalue weighted by molar-refractivity contribution is 7.16. The van der Waals surface area contributed by atoms with E-state index in [1.54, 1.807) is 23.6 Å². The van der Waals surface area contributed by atoms with Gasteiger partial charge in [-0.3, -0.25) is 14.7 Å². The normalized spacial score (nSPS) is 18.2. The Morgan fingerprint density at radius 2 is 2.07 bits per heavy atom. The molecular weight excluding hydrogens is 425 g/mol. The van der Waals surface area contributed by atoms with E-state index in [1.807, 2.05) is 42.2 Å². The van der Waals surface area contributed by atoms with Crippen LogP contribution in [0.3, 0.4) is 0 Å². The largest absolute Gasteiger partial charge is 0.336 e. The summed E-state index contributed by atoms with van der Waals surface area (Å²) in [6.45, 7) is 4.87. The summed E-state index contributed by atoms with van der Waals surface area (Å²) in [5, 5.41) is 1.62. The van der Waals surface area contributed by atoms with Gasteiger partial charge in [0.1, 0.15) is 0 Å². The van der Waals surface area contributed by atoms with Gasteiger partial charge in [-0.05, 0) is 42.8 Å². The Morgan fingerprint density at radius 1 is 1.21 bits per heavy atom. The van der Waals surface area contributed by atoms with E-state index in [0.717, 1.165) is 38.8 Å². The third-order valence-corrected chi connectivity index (χ3v) is 6.74. The Balaban J connectivity index is 1.39. The van der Waals surface area contributed by atoms with E-state index in [0.29, 0.717) is 18.1 Å². The number of rotatable bonds is 5. The maximum atomic E-state index is 12.9. The molecule has 4 nitrogen and oxygen atoms in total. The first-order chi connectivity index (χ1) is 14.0. The van der Waals surface area contributed by atoms with Crippen molar-refractivity contribution in [2.75, 3.05) is 19.6 Å². The minimum Gasteiger partial charge on any atom is -0.336 e. The molecule has 1 atom stereocenters. The van der Waals surface area contributed by atoms with E-state index in [2.05, 4.69) is 22.0 Å². The molecule has 3 heterocycles. The standard InChI is InChI=1S/C22H21Cl2N3OS/c1-15-22(28)27(12-11-26(15)10-2-3-17-5-7-21(24)29-17)14-16-4-6-18-19(23)8-9-25-20(18)13-16/h2-9,13,15H,10-12,14H2,1H3/t15-/m0/s1. The van der Waals surface area contributed by atoms with Crippen LogP contribution in [-0.2, 0) is 11.3 Å². The van der Waals surface area contributed by atoms with Crippen LogP contribution >= 0.6 is 34.5 Å². The number of hydrogen-bond acceptors (Lipinski definition) is 4. The van der Waals surface area contributed by atoms with Crippen LogP contribution in [0, 0.1) is 0 Å². The molecule has 0 unspecified atom stereocenters. The number of halogens is 2. The molecule has 0 N–H and O–H groups in total. The van der Waals surface area contributed by atoms with E-state index < -0.39 is 0 Å². The van der Waals surface area contributed by atoms with E-state index in [4.69, 9.17) is 23.2 Å². The number of hydrogen-bond donors (Lipinski definition) is 0. The Bertz CT molecular complexity index is 1070. The number of thiophene rings is 1. The first-order valence-corrected chi connectivity index (χ1v) is 11.1. The van der Waals surface area contributed by atoms with Gasteiger partial charge in [0.2, 0.25) is 5.91 Å². The molecule has 0 bridgehead atoms. The number of pyridine rings is 1. The highest BCUT2D eigenvalue weighted by Gasteiger charge is 2.30. The number of benzene rings is 1. The Morgan fingerprint density at radius 3 is 2.86 bits per heavy atom. The van der Waals surface area contributed by atoms with Gasteiger partial charge in [-0.25, -0.2) is 0 Å². The monoisotopic (exact) mass is 445 g/mol. The van der Waals surface area contributed by atoms with Crippen molar-refractivity contribution in [1.82, 2.24) is 14.8 Å². The van der Waals surface area contributed by atoms with E-state index in [-0.39, 0.29) is 11.9 Å². The number of nitrogens with zero attached hydrogens (tertiary/aromatic N) is 3. The zero-order valence-corrected chi connectivity index (χ0v) is 18.3. The van der Waals surface area contributed by atoms with Crippen LogP contribution in [0.15, 0.2) is 48.7 Å². The molecule has 0 saturated carbocycles. The van der Waals surface area contributed by atoms with E-state index in [9.17, 15) is 4.79 Å². The highest BCUT2D eigenvalue weighted by atomic mass is 35.5. The SMILES string of the molecule is C[C@H]1C(=O)N(Cc2ccc3c(Cl)ccnc3c2)CCN1CC=Cc1ccc(Cl)s1. The maximum absolute atomic E-state index is 12.9. The van der Waals surface area contributed by atoms with Crippen LogP contribution < -0.4 is 0 Å². The number of aromatic nitrogens is 1. The fraction of sp³-hybridized carbons (Fsp3) is 0.273. The molecule has 1 saturated heterocycles. The molecule has 0 radical (unpaired) electrons. The van der Waals surface area contributed by atoms with Gasteiger partial charge in [0.25, 0.3) is 0 Å². The summed E-state index contributed by atoms with van der Waals surface area (Å²) < 4.78 is 0.785. The number of piperazine rings is 1. The van der Waals surface area contributed by atoms with Crippen LogP contribution in [0.1, 0.15) is 17.4 Å². The second-order valence-electron chi connectivity index (χ2n) is 7.12. The molecule has 1 fully saturated rings. The lowest BCUT2D eigenvalue weighted by Crippen LogP contribution is -2.55. The van der Waals surface area contributed by atoms with Gasteiger partial charge in [0.15, 0.2) is 0 Å². The fourth-order valence-corrected chi connectivity index (χ4v) is 4.79. The van der Waals surface area contributed by atoms with Crippen molar-refractivity contribution in [2.24, 2.45) is 0 Å². The molecule has 0 spiro atoms.